The van der Waals surface area contributed by atoms with Crippen molar-refractivity contribution in [3.05, 3.63) is 18.2 Å². The Balaban J connectivity index is 1.83. The van der Waals surface area contributed by atoms with E-state index in [0.29, 0.717) is 0 Å². The van der Waals surface area contributed by atoms with E-state index in [-0.39, 0.29) is 0 Å². The van der Waals surface area contributed by atoms with Gasteiger partial charge in [0, 0.05) is 6.42 Å². The molecule has 0 aliphatic carbocycles. The van der Waals surface area contributed by atoms with Gasteiger partial charge in [0.25, 0.3) is 5.82 Å². The van der Waals surface area contributed by atoms with Crippen molar-refractivity contribution in [2.75, 3.05) is 0 Å². The molecule has 0 spiro atoms. The van der Waals surface area contributed by atoms with Gasteiger partial charge in [-0.2, -0.15) is 0 Å². The molecule has 2 nitrogen and oxygen atoms in total. The zero-order valence-corrected chi connectivity index (χ0v) is 27.2. The van der Waals surface area contributed by atoms with E-state index in [4.69, 9.17) is 0 Å². The predicted octanol–water partition coefficient (Wildman–Crippen LogP) is 12.6. The van der Waals surface area contributed by atoms with E-state index in [1.807, 2.05) is 0 Å². The molecular formula is C37H73N2+. The molecule has 0 saturated carbocycles. The Morgan fingerprint density at radius 2 is 0.718 bits per heavy atom. The minimum Gasteiger partial charge on any atom is -0.248 e. The molecule has 1 aromatic heterocycles. The summed E-state index contributed by atoms with van der Waals surface area (Å²) in [5.41, 5.74) is 0. The van der Waals surface area contributed by atoms with E-state index in [1.165, 1.54) is 211 Å². The molecule has 0 unspecified atom stereocenters. The fourth-order valence-electron chi connectivity index (χ4n) is 6.14. The molecule has 1 heterocycles. The van der Waals surface area contributed by atoms with Crippen LogP contribution in [0.4, 0.5) is 0 Å². The van der Waals surface area contributed by atoms with Crippen molar-refractivity contribution in [1.29, 1.82) is 0 Å². The number of H-pyrrole nitrogens is 1. The summed E-state index contributed by atoms with van der Waals surface area (Å²) in [5, 5.41) is 0. The van der Waals surface area contributed by atoms with Crippen molar-refractivity contribution in [2.45, 2.75) is 219 Å². The highest BCUT2D eigenvalue weighted by atomic mass is 15.1. The first-order valence-corrected chi connectivity index (χ1v) is 18.4. The van der Waals surface area contributed by atoms with Gasteiger partial charge in [-0.05, 0) is 19.3 Å². The first kappa shape index (κ1) is 36.2. The monoisotopic (exact) mass is 546 g/mol. The summed E-state index contributed by atoms with van der Waals surface area (Å²) >= 11 is 0. The van der Waals surface area contributed by atoms with Crippen molar-refractivity contribution >= 4 is 0 Å². The summed E-state index contributed by atoms with van der Waals surface area (Å²) in [6.07, 6.45) is 48.9. The topological polar surface area (TPSA) is 19.7 Å². The number of hydrogen-bond donors (Lipinski definition) is 1. The van der Waals surface area contributed by atoms with Crippen LogP contribution in [0.2, 0.25) is 0 Å². The summed E-state index contributed by atoms with van der Waals surface area (Å²) < 4.78 is 2.49. The molecule has 0 amide bonds. The lowest BCUT2D eigenvalue weighted by molar-refractivity contribution is -0.703. The number of aromatic nitrogens is 2. The predicted molar refractivity (Wildman–Crippen MR) is 175 cm³/mol. The number of nitrogens with zero attached hydrogens (tertiary/aromatic N) is 1. The van der Waals surface area contributed by atoms with E-state index in [1.54, 1.807) is 0 Å². The number of aryl methyl sites for hydroxylation is 2. The van der Waals surface area contributed by atoms with Gasteiger partial charge in [0.2, 0.25) is 0 Å². The standard InChI is InChI=1S/C37H72N2/c1-3-5-7-9-11-13-15-17-19-21-23-25-27-29-31-33-37-38-34-36-39(37)35-32-30-28-26-24-22-20-18-16-14-12-10-8-6-4-2/h34,36H,3-33,35H2,1-2H3/p+1. The molecule has 0 atom stereocenters. The zero-order chi connectivity index (χ0) is 27.9. The zero-order valence-electron chi connectivity index (χ0n) is 27.2. The molecule has 2 heteroatoms. The van der Waals surface area contributed by atoms with Gasteiger partial charge in [-0.3, -0.25) is 0 Å². The highest BCUT2D eigenvalue weighted by molar-refractivity contribution is 4.77. The van der Waals surface area contributed by atoms with Crippen LogP contribution in [0, 0.1) is 0 Å². The molecule has 1 rings (SSSR count). The van der Waals surface area contributed by atoms with Gasteiger partial charge in [-0.15, -0.1) is 0 Å². The molecule has 1 N–H and O–H groups in total. The first-order valence-electron chi connectivity index (χ1n) is 18.4. The van der Waals surface area contributed by atoms with Crippen LogP contribution in [0.25, 0.3) is 0 Å². The Labute approximate surface area is 246 Å². The minimum absolute atomic E-state index is 1.20. The summed E-state index contributed by atoms with van der Waals surface area (Å²) in [6.45, 7) is 5.81. The Morgan fingerprint density at radius 1 is 0.410 bits per heavy atom. The molecule has 0 aromatic carbocycles. The molecule has 0 fully saturated rings. The van der Waals surface area contributed by atoms with Crippen molar-refractivity contribution in [3.8, 4) is 0 Å². The number of rotatable bonds is 32. The average Bonchev–Trinajstić information content (AvgIpc) is 3.40. The normalized spacial score (nSPS) is 11.5. The maximum absolute atomic E-state index is 3.52. The van der Waals surface area contributed by atoms with Gasteiger partial charge < -0.3 is 0 Å². The van der Waals surface area contributed by atoms with Crippen LogP contribution >= 0.6 is 0 Å². The molecule has 1 aromatic rings. The molecule has 0 bridgehead atoms. The van der Waals surface area contributed by atoms with E-state index < -0.39 is 0 Å². The van der Waals surface area contributed by atoms with Crippen LogP contribution in [0.3, 0.4) is 0 Å². The fraction of sp³-hybridized carbons (Fsp3) is 0.919. The van der Waals surface area contributed by atoms with Crippen LogP contribution in [0.15, 0.2) is 12.4 Å². The Hall–Kier alpha value is -0.790. The Kier molecular flexibility index (Phi) is 28.0. The summed E-state index contributed by atoms with van der Waals surface area (Å²) in [7, 11) is 0. The molecule has 0 aliphatic rings. The highest BCUT2D eigenvalue weighted by Gasteiger charge is 2.09. The average molecular weight is 546 g/mol. The molecule has 0 saturated heterocycles. The molecule has 230 valence electrons. The van der Waals surface area contributed by atoms with Crippen molar-refractivity contribution < 1.29 is 4.57 Å². The second-order valence-corrected chi connectivity index (χ2v) is 12.7. The van der Waals surface area contributed by atoms with Crippen LogP contribution in [0.1, 0.15) is 212 Å². The summed E-state index contributed by atoms with van der Waals surface area (Å²) in [5.74, 6) is 1.45. The third-order valence-electron chi connectivity index (χ3n) is 8.87. The third kappa shape index (κ3) is 24.7. The maximum Gasteiger partial charge on any atom is 0.254 e. The second kappa shape index (κ2) is 30.2. The van der Waals surface area contributed by atoms with E-state index in [2.05, 4.69) is 35.8 Å². The maximum atomic E-state index is 3.52. The lowest BCUT2D eigenvalue weighted by Gasteiger charge is -2.04. The van der Waals surface area contributed by atoms with Gasteiger partial charge in [-0.25, -0.2) is 9.55 Å². The lowest BCUT2D eigenvalue weighted by Crippen LogP contribution is -2.36. The second-order valence-electron chi connectivity index (χ2n) is 12.7. The van der Waals surface area contributed by atoms with Crippen LogP contribution in [-0.2, 0) is 13.0 Å². The quantitative estimate of drug-likeness (QED) is 0.0686. The third-order valence-corrected chi connectivity index (χ3v) is 8.87. The largest absolute Gasteiger partial charge is 0.254 e. The molecule has 0 radical (unpaired) electrons. The van der Waals surface area contributed by atoms with Crippen molar-refractivity contribution in [2.24, 2.45) is 0 Å². The van der Waals surface area contributed by atoms with Crippen LogP contribution in [0.5, 0.6) is 0 Å². The number of nitrogens with one attached hydrogen (secondary N) is 1. The molecule has 0 aliphatic heterocycles. The molecular weight excluding hydrogens is 472 g/mol. The number of imidazole rings is 1. The Morgan fingerprint density at radius 3 is 1.08 bits per heavy atom. The highest BCUT2D eigenvalue weighted by Crippen LogP contribution is 2.15. The SMILES string of the molecule is CCCCCCCCCCCCCCCCCc1[nH]cc[n+]1CCCCCCCCCCCCCCCCC. The smallest absolute Gasteiger partial charge is 0.248 e. The summed E-state index contributed by atoms with van der Waals surface area (Å²) in [4.78, 5) is 3.52. The van der Waals surface area contributed by atoms with E-state index in [9.17, 15) is 0 Å². The number of unbranched alkanes of at least 4 members (excludes halogenated alkanes) is 28. The number of aromatic amines is 1. The van der Waals surface area contributed by atoms with Gasteiger partial charge in [-0.1, -0.05) is 187 Å². The van der Waals surface area contributed by atoms with Gasteiger partial charge in [0.15, 0.2) is 0 Å². The first-order chi connectivity index (χ1) is 19.4. The van der Waals surface area contributed by atoms with Gasteiger partial charge in [0.1, 0.15) is 12.4 Å². The van der Waals surface area contributed by atoms with Gasteiger partial charge in [0.05, 0.1) is 6.54 Å². The minimum atomic E-state index is 1.20. The fourth-order valence-corrected chi connectivity index (χ4v) is 6.14. The van der Waals surface area contributed by atoms with Crippen LogP contribution in [-0.4, -0.2) is 4.98 Å². The van der Waals surface area contributed by atoms with E-state index in [0.717, 1.165) is 0 Å². The van der Waals surface area contributed by atoms with Crippen LogP contribution < -0.4 is 4.57 Å². The van der Waals surface area contributed by atoms with Crippen molar-refractivity contribution in [3.63, 3.8) is 0 Å². The Bertz CT molecular complexity index is 529. The van der Waals surface area contributed by atoms with Crippen molar-refractivity contribution in [1.82, 2.24) is 4.98 Å². The summed E-state index contributed by atoms with van der Waals surface area (Å²) in [6, 6.07) is 0. The molecule has 39 heavy (non-hydrogen) atoms. The van der Waals surface area contributed by atoms with E-state index >= 15 is 0 Å². The van der Waals surface area contributed by atoms with Gasteiger partial charge >= 0.3 is 0 Å². The number of hydrogen-bond acceptors (Lipinski definition) is 0. The lowest BCUT2D eigenvalue weighted by atomic mass is 10.0.